The molecule has 1 aromatic carbocycles. The van der Waals surface area contributed by atoms with Crippen molar-refractivity contribution < 1.29 is 9.15 Å². The maximum absolute atomic E-state index is 6.02. The first-order valence-electron chi connectivity index (χ1n) is 9.78. The Bertz CT molecular complexity index is 579. The van der Waals surface area contributed by atoms with Gasteiger partial charge < -0.3 is 14.1 Å². The van der Waals surface area contributed by atoms with Crippen LogP contribution in [0.3, 0.4) is 0 Å². The molecule has 4 nitrogen and oxygen atoms in total. The van der Waals surface area contributed by atoms with E-state index in [1.54, 1.807) is 6.26 Å². The van der Waals surface area contributed by atoms with Crippen LogP contribution in [0.4, 0.5) is 5.69 Å². The number of para-hydroxylation sites is 1. The molecule has 1 atom stereocenters. The zero-order valence-electron chi connectivity index (χ0n) is 16.7. The molecule has 0 saturated heterocycles. The van der Waals surface area contributed by atoms with Gasteiger partial charge in [-0.1, -0.05) is 45.9 Å². The van der Waals surface area contributed by atoms with Crippen molar-refractivity contribution in [3.8, 4) is 0 Å². The van der Waals surface area contributed by atoms with Crippen molar-refractivity contribution >= 4 is 5.69 Å². The fourth-order valence-electron chi connectivity index (χ4n) is 3.20. The molecule has 2 rings (SSSR count). The number of rotatable bonds is 12. The normalized spacial score (nSPS) is 12.7. The summed E-state index contributed by atoms with van der Waals surface area (Å²) in [5.41, 5.74) is 1.21. The first kappa shape index (κ1) is 20.5. The topological polar surface area (TPSA) is 28.9 Å². The summed E-state index contributed by atoms with van der Waals surface area (Å²) in [5.74, 6) is 1.54. The number of furan rings is 1. The average molecular weight is 359 g/mol. The zero-order chi connectivity index (χ0) is 18.8. The molecular formula is C22H34N2O2. The summed E-state index contributed by atoms with van der Waals surface area (Å²) < 4.78 is 11.6. The molecule has 0 aliphatic carbocycles. The molecule has 0 fully saturated rings. The lowest BCUT2D eigenvalue weighted by atomic mass is 10.2. The fourth-order valence-corrected chi connectivity index (χ4v) is 3.20. The fraction of sp³-hybridized carbons (Fsp3) is 0.545. The number of benzene rings is 1. The van der Waals surface area contributed by atoms with Crippen molar-refractivity contribution in [3.05, 3.63) is 54.5 Å². The van der Waals surface area contributed by atoms with E-state index in [9.17, 15) is 0 Å². The molecule has 0 radical (unpaired) electrons. The Morgan fingerprint density at radius 3 is 2.27 bits per heavy atom. The van der Waals surface area contributed by atoms with Crippen LogP contribution in [0.1, 0.15) is 33.5 Å². The minimum absolute atomic E-state index is 0.346. The maximum Gasteiger partial charge on any atom is 0.123 e. The molecule has 0 saturated carbocycles. The molecule has 1 heterocycles. The van der Waals surface area contributed by atoms with Gasteiger partial charge in [0.15, 0.2) is 0 Å². The van der Waals surface area contributed by atoms with Gasteiger partial charge in [-0.2, -0.15) is 0 Å². The summed E-state index contributed by atoms with van der Waals surface area (Å²) in [6.07, 6.45) is 1.74. The van der Waals surface area contributed by atoms with E-state index < -0.39 is 0 Å². The van der Waals surface area contributed by atoms with Gasteiger partial charge in [-0.05, 0) is 43.3 Å². The van der Waals surface area contributed by atoms with Crippen LogP contribution in [0.2, 0.25) is 0 Å². The second kappa shape index (κ2) is 11.0. The highest BCUT2D eigenvalue weighted by molar-refractivity contribution is 5.46. The molecule has 0 amide bonds. The van der Waals surface area contributed by atoms with E-state index >= 15 is 0 Å². The summed E-state index contributed by atoms with van der Waals surface area (Å²) in [6, 6.07) is 14.9. The maximum atomic E-state index is 6.02. The molecule has 144 valence electrons. The molecular weight excluding hydrogens is 324 g/mol. The minimum Gasteiger partial charge on any atom is -0.467 e. The first-order chi connectivity index (χ1) is 12.6. The lowest BCUT2D eigenvalue weighted by molar-refractivity contribution is 0.0519. The number of nitrogens with zero attached hydrogens (tertiary/aromatic N) is 2. The monoisotopic (exact) mass is 358 g/mol. The Labute approximate surface area is 158 Å². The number of ether oxygens (including phenoxy) is 1. The lowest BCUT2D eigenvalue weighted by Crippen LogP contribution is -2.46. The van der Waals surface area contributed by atoms with Crippen LogP contribution in [0, 0.1) is 5.92 Å². The van der Waals surface area contributed by atoms with Crippen LogP contribution in [-0.4, -0.2) is 43.8 Å². The third kappa shape index (κ3) is 6.50. The van der Waals surface area contributed by atoms with Gasteiger partial charge in [0, 0.05) is 18.8 Å². The van der Waals surface area contributed by atoms with E-state index in [4.69, 9.17) is 9.15 Å². The van der Waals surface area contributed by atoms with E-state index in [1.165, 1.54) is 5.69 Å². The highest BCUT2D eigenvalue weighted by Crippen LogP contribution is 2.19. The van der Waals surface area contributed by atoms with Gasteiger partial charge in [-0.25, -0.2) is 0 Å². The summed E-state index contributed by atoms with van der Waals surface area (Å²) >= 11 is 0. The highest BCUT2D eigenvalue weighted by Gasteiger charge is 2.21. The van der Waals surface area contributed by atoms with E-state index in [-0.39, 0.29) is 0 Å². The molecule has 0 aliphatic heterocycles. The number of hydrogen-bond donors (Lipinski definition) is 0. The van der Waals surface area contributed by atoms with Crippen molar-refractivity contribution in [2.45, 2.75) is 40.3 Å². The quantitative estimate of drug-likeness (QED) is 0.551. The molecule has 0 spiro atoms. The van der Waals surface area contributed by atoms with Crippen molar-refractivity contribution in [1.82, 2.24) is 4.90 Å². The van der Waals surface area contributed by atoms with Crippen molar-refractivity contribution in [3.63, 3.8) is 0 Å². The van der Waals surface area contributed by atoms with Crippen LogP contribution in [0.5, 0.6) is 0 Å². The molecule has 1 unspecified atom stereocenters. The van der Waals surface area contributed by atoms with Crippen LogP contribution >= 0.6 is 0 Å². The van der Waals surface area contributed by atoms with Gasteiger partial charge in [0.2, 0.25) is 0 Å². The molecule has 0 N–H and O–H groups in total. The predicted molar refractivity (Wildman–Crippen MR) is 109 cm³/mol. The summed E-state index contributed by atoms with van der Waals surface area (Å²) in [5, 5.41) is 0. The van der Waals surface area contributed by atoms with Gasteiger partial charge >= 0.3 is 0 Å². The second-order valence-corrected chi connectivity index (χ2v) is 7.10. The Morgan fingerprint density at radius 2 is 1.69 bits per heavy atom. The Kier molecular flexibility index (Phi) is 8.72. The lowest BCUT2D eigenvalue weighted by Gasteiger charge is -2.35. The van der Waals surface area contributed by atoms with Crippen molar-refractivity contribution in [1.29, 1.82) is 0 Å². The number of likely N-dealkylation sites (N-methyl/N-ethyl adjacent to an activating group) is 1. The van der Waals surface area contributed by atoms with Gasteiger partial charge in [0.1, 0.15) is 5.76 Å². The first-order valence-corrected chi connectivity index (χ1v) is 9.78. The Balaban J connectivity index is 2.14. The third-order valence-electron chi connectivity index (χ3n) is 4.57. The molecule has 0 bridgehead atoms. The van der Waals surface area contributed by atoms with Crippen LogP contribution in [0.15, 0.2) is 53.1 Å². The molecule has 1 aromatic heterocycles. The Hall–Kier alpha value is -1.78. The number of hydrogen-bond acceptors (Lipinski definition) is 4. The van der Waals surface area contributed by atoms with Gasteiger partial charge in [-0.3, -0.25) is 4.90 Å². The van der Waals surface area contributed by atoms with E-state index in [0.717, 1.165) is 45.2 Å². The van der Waals surface area contributed by atoms with Gasteiger partial charge in [-0.15, -0.1) is 0 Å². The molecule has 0 aliphatic rings. The van der Waals surface area contributed by atoms with E-state index in [2.05, 4.69) is 67.8 Å². The van der Waals surface area contributed by atoms with Crippen molar-refractivity contribution in [2.24, 2.45) is 5.92 Å². The van der Waals surface area contributed by atoms with Gasteiger partial charge in [0.25, 0.3) is 0 Å². The zero-order valence-corrected chi connectivity index (χ0v) is 16.7. The Morgan fingerprint density at radius 1 is 0.962 bits per heavy atom. The summed E-state index contributed by atoms with van der Waals surface area (Å²) in [4.78, 5) is 4.87. The highest BCUT2D eigenvalue weighted by atomic mass is 16.5. The van der Waals surface area contributed by atoms with E-state index in [1.807, 2.05) is 12.1 Å². The second-order valence-electron chi connectivity index (χ2n) is 7.10. The minimum atomic E-state index is 0.346. The van der Waals surface area contributed by atoms with E-state index in [0.29, 0.717) is 12.0 Å². The summed E-state index contributed by atoms with van der Waals surface area (Å²) in [6.45, 7) is 14.1. The predicted octanol–water partition coefficient (Wildman–Crippen LogP) is 4.67. The van der Waals surface area contributed by atoms with Crippen molar-refractivity contribution in [2.75, 3.05) is 37.7 Å². The average Bonchev–Trinajstić information content (AvgIpc) is 3.15. The van der Waals surface area contributed by atoms with Crippen LogP contribution < -0.4 is 4.90 Å². The largest absolute Gasteiger partial charge is 0.467 e. The van der Waals surface area contributed by atoms with Gasteiger partial charge in [0.05, 0.1) is 25.5 Å². The third-order valence-corrected chi connectivity index (χ3v) is 4.57. The molecule has 26 heavy (non-hydrogen) atoms. The van der Waals surface area contributed by atoms with Crippen LogP contribution in [0.25, 0.3) is 0 Å². The summed E-state index contributed by atoms with van der Waals surface area (Å²) in [7, 11) is 0. The smallest absolute Gasteiger partial charge is 0.123 e. The molecule has 4 heteroatoms. The standard InChI is InChI=1S/C22H34N2O2/c1-5-23(6-2)21(18-25-17-19(3)4)15-24(16-22-13-10-14-26-22)20-11-8-7-9-12-20/h7-14,19,21H,5-6,15-18H2,1-4H3. The molecule has 2 aromatic rings. The number of anilines is 1. The van der Waals surface area contributed by atoms with Crippen LogP contribution in [-0.2, 0) is 11.3 Å². The SMILES string of the molecule is CCN(CC)C(COCC(C)C)CN(Cc1ccco1)c1ccccc1.